The average molecular weight is 720 g/mol. The molecule has 262 valence electrons. The number of fused-ring (bicyclic) bond motifs is 6. The van der Waals surface area contributed by atoms with E-state index >= 15 is 0 Å². The fourth-order valence-electron chi connectivity index (χ4n) is 7.47. The summed E-state index contributed by atoms with van der Waals surface area (Å²) >= 11 is 0. The molecule has 0 N–H and O–H groups in total. The Morgan fingerprint density at radius 1 is 0.321 bits per heavy atom. The fourth-order valence-corrected chi connectivity index (χ4v) is 7.47. The zero-order chi connectivity index (χ0) is 37.0. The molecule has 7 nitrogen and oxygen atoms in total. The van der Waals surface area contributed by atoms with Crippen LogP contribution in [-0.4, -0.2) is 24.9 Å². The van der Waals surface area contributed by atoms with Crippen molar-refractivity contribution in [3.05, 3.63) is 176 Å². The van der Waals surface area contributed by atoms with Crippen molar-refractivity contribution in [2.45, 2.75) is 0 Å². The molecule has 4 heterocycles. The van der Waals surface area contributed by atoms with E-state index in [1.807, 2.05) is 140 Å². The fraction of sp³-hybridized carbons (Fsp3) is 0. The zero-order valence-corrected chi connectivity index (χ0v) is 29.8. The third-order valence-electron chi connectivity index (χ3n) is 10.2. The molecule has 7 heteroatoms. The van der Waals surface area contributed by atoms with Crippen LogP contribution in [-0.2, 0) is 0 Å². The van der Waals surface area contributed by atoms with Gasteiger partial charge in [0.2, 0.25) is 0 Å². The summed E-state index contributed by atoms with van der Waals surface area (Å²) < 4.78 is 12.9. The predicted molar refractivity (Wildman–Crippen MR) is 223 cm³/mol. The van der Waals surface area contributed by atoms with Crippen molar-refractivity contribution < 1.29 is 8.83 Å². The Balaban J connectivity index is 1.03. The summed E-state index contributed by atoms with van der Waals surface area (Å²) in [5.41, 5.74) is 11.1. The summed E-state index contributed by atoms with van der Waals surface area (Å²) in [6.45, 7) is 0. The highest BCUT2D eigenvalue weighted by atomic mass is 16.3. The largest absolute Gasteiger partial charge is 0.456 e. The van der Waals surface area contributed by atoms with Gasteiger partial charge in [0.1, 0.15) is 28.0 Å². The van der Waals surface area contributed by atoms with Gasteiger partial charge in [-0.3, -0.25) is 0 Å². The highest BCUT2D eigenvalue weighted by Gasteiger charge is 2.21. The maximum Gasteiger partial charge on any atom is 0.180 e. The van der Waals surface area contributed by atoms with E-state index in [0.717, 1.165) is 83.1 Å². The standard InChI is InChI=1S/C49H29N5O2/c1-4-14-30(15-5-1)43-45-44(37-22-10-11-24-39(37)56-45)51-49(50-43)38-23-13-25-40-42(38)36-27-26-34(29-41(36)55-40)33-20-12-21-35(28-33)48-53-46(31-16-6-2-7-17-31)52-47(54-48)32-18-8-3-9-19-32/h1-29H. The maximum atomic E-state index is 6.57. The second-order valence-electron chi connectivity index (χ2n) is 13.6. The topological polar surface area (TPSA) is 90.7 Å². The van der Waals surface area contributed by atoms with Crippen LogP contribution >= 0.6 is 0 Å². The zero-order valence-electron chi connectivity index (χ0n) is 29.8. The quantitative estimate of drug-likeness (QED) is 0.169. The van der Waals surface area contributed by atoms with Crippen LogP contribution in [0.1, 0.15) is 0 Å². The third kappa shape index (κ3) is 5.41. The molecule has 11 aromatic rings. The molecule has 0 bridgehead atoms. The van der Waals surface area contributed by atoms with Gasteiger partial charge in [0, 0.05) is 44.0 Å². The van der Waals surface area contributed by atoms with Crippen LogP contribution in [0.3, 0.4) is 0 Å². The summed E-state index contributed by atoms with van der Waals surface area (Å²) in [4.78, 5) is 25.1. The summed E-state index contributed by atoms with van der Waals surface area (Å²) in [7, 11) is 0. The molecule has 0 radical (unpaired) electrons. The molecule has 4 aromatic heterocycles. The second-order valence-corrected chi connectivity index (χ2v) is 13.6. The van der Waals surface area contributed by atoms with Crippen LogP contribution in [0.5, 0.6) is 0 Å². The van der Waals surface area contributed by atoms with Gasteiger partial charge < -0.3 is 8.83 Å². The van der Waals surface area contributed by atoms with Crippen molar-refractivity contribution in [2.75, 3.05) is 0 Å². The molecule has 11 rings (SSSR count). The van der Waals surface area contributed by atoms with Crippen molar-refractivity contribution in [3.8, 4) is 67.9 Å². The van der Waals surface area contributed by atoms with Crippen molar-refractivity contribution in [2.24, 2.45) is 0 Å². The first-order chi connectivity index (χ1) is 27.7. The van der Waals surface area contributed by atoms with Crippen LogP contribution in [0, 0.1) is 0 Å². The Bertz CT molecular complexity index is 3190. The minimum absolute atomic E-state index is 0.603. The molecular weight excluding hydrogens is 691 g/mol. The third-order valence-corrected chi connectivity index (χ3v) is 10.2. The lowest BCUT2D eigenvalue weighted by Gasteiger charge is -2.10. The smallest absolute Gasteiger partial charge is 0.180 e. The monoisotopic (exact) mass is 719 g/mol. The molecule has 0 unspecified atom stereocenters. The first-order valence-corrected chi connectivity index (χ1v) is 18.4. The Morgan fingerprint density at radius 2 is 0.893 bits per heavy atom. The predicted octanol–water partition coefficient (Wildman–Crippen LogP) is 12.5. The number of furan rings is 2. The number of aromatic nitrogens is 5. The number of hydrogen-bond acceptors (Lipinski definition) is 7. The van der Waals surface area contributed by atoms with Crippen molar-refractivity contribution >= 4 is 44.0 Å². The van der Waals surface area contributed by atoms with Crippen LogP contribution in [0.4, 0.5) is 0 Å². The minimum atomic E-state index is 0.603. The molecule has 0 saturated carbocycles. The molecule has 7 aromatic carbocycles. The van der Waals surface area contributed by atoms with Crippen LogP contribution in [0.15, 0.2) is 185 Å². The molecule has 0 fully saturated rings. The number of para-hydroxylation sites is 1. The van der Waals surface area contributed by atoms with Gasteiger partial charge in [-0.05, 0) is 47.5 Å². The number of benzene rings is 7. The average Bonchev–Trinajstić information content (AvgIpc) is 3.85. The Labute approximate surface area is 320 Å². The van der Waals surface area contributed by atoms with E-state index in [2.05, 4.69) is 36.4 Å². The molecule has 0 atom stereocenters. The van der Waals surface area contributed by atoms with E-state index in [4.69, 9.17) is 33.8 Å². The number of rotatable bonds is 6. The summed E-state index contributed by atoms with van der Waals surface area (Å²) in [6.07, 6.45) is 0. The van der Waals surface area contributed by atoms with Gasteiger partial charge in [-0.25, -0.2) is 24.9 Å². The van der Waals surface area contributed by atoms with Gasteiger partial charge in [-0.1, -0.05) is 140 Å². The summed E-state index contributed by atoms with van der Waals surface area (Å²) in [6, 6.07) is 58.9. The van der Waals surface area contributed by atoms with Gasteiger partial charge in [0.15, 0.2) is 28.9 Å². The molecule has 0 aliphatic carbocycles. The molecule has 56 heavy (non-hydrogen) atoms. The lowest BCUT2D eigenvalue weighted by molar-refractivity contribution is 0.667. The highest BCUT2D eigenvalue weighted by molar-refractivity contribution is 6.13. The van der Waals surface area contributed by atoms with Gasteiger partial charge in [-0.15, -0.1) is 0 Å². The molecule has 0 aliphatic rings. The lowest BCUT2D eigenvalue weighted by Crippen LogP contribution is -2.00. The van der Waals surface area contributed by atoms with Crippen molar-refractivity contribution in [1.82, 2.24) is 24.9 Å². The van der Waals surface area contributed by atoms with E-state index in [1.165, 1.54) is 0 Å². The molecular formula is C49H29N5O2. The lowest BCUT2D eigenvalue weighted by atomic mass is 10.00. The Morgan fingerprint density at radius 3 is 1.62 bits per heavy atom. The summed E-state index contributed by atoms with van der Waals surface area (Å²) in [5.74, 6) is 2.46. The molecule has 0 saturated heterocycles. The number of hydrogen-bond donors (Lipinski definition) is 0. The Kier molecular flexibility index (Phi) is 7.35. The van der Waals surface area contributed by atoms with E-state index in [1.54, 1.807) is 0 Å². The van der Waals surface area contributed by atoms with E-state index in [-0.39, 0.29) is 0 Å². The second kappa shape index (κ2) is 13.0. The first-order valence-electron chi connectivity index (χ1n) is 18.4. The Hall–Kier alpha value is -7.77. The van der Waals surface area contributed by atoms with E-state index in [9.17, 15) is 0 Å². The van der Waals surface area contributed by atoms with Crippen molar-refractivity contribution in [3.63, 3.8) is 0 Å². The minimum Gasteiger partial charge on any atom is -0.456 e. The first kappa shape index (κ1) is 31.7. The van der Waals surface area contributed by atoms with Crippen LogP contribution in [0.2, 0.25) is 0 Å². The van der Waals surface area contributed by atoms with Crippen LogP contribution < -0.4 is 0 Å². The molecule has 0 aliphatic heterocycles. The van der Waals surface area contributed by atoms with Crippen LogP contribution in [0.25, 0.3) is 112 Å². The van der Waals surface area contributed by atoms with E-state index < -0.39 is 0 Å². The van der Waals surface area contributed by atoms with Crippen molar-refractivity contribution in [1.29, 1.82) is 0 Å². The number of nitrogens with zero attached hydrogens (tertiary/aromatic N) is 5. The molecule has 0 amide bonds. The maximum absolute atomic E-state index is 6.57. The highest BCUT2D eigenvalue weighted by Crippen LogP contribution is 2.41. The van der Waals surface area contributed by atoms with Gasteiger partial charge >= 0.3 is 0 Å². The molecule has 0 spiro atoms. The SMILES string of the molecule is c1ccc(-c2nc(-c3ccccc3)nc(-c3cccc(-c4ccc5c(c4)oc4cccc(-c6nc(-c7ccccc7)c7oc8ccccc8c7n6)c45)c3)n2)cc1. The van der Waals surface area contributed by atoms with E-state index in [0.29, 0.717) is 28.9 Å². The van der Waals surface area contributed by atoms with Gasteiger partial charge in [-0.2, -0.15) is 0 Å². The van der Waals surface area contributed by atoms with Gasteiger partial charge in [0.05, 0.1) is 0 Å². The summed E-state index contributed by atoms with van der Waals surface area (Å²) in [5, 5.41) is 2.89. The normalized spacial score (nSPS) is 11.6. The van der Waals surface area contributed by atoms with Gasteiger partial charge in [0.25, 0.3) is 0 Å².